The molecule has 1 aromatic heterocycles. The molecule has 0 amide bonds. The van der Waals surface area contributed by atoms with E-state index in [0.29, 0.717) is 0 Å². The molecule has 0 unspecified atom stereocenters. The Kier molecular flexibility index (Phi) is 5.15. The molecule has 0 radical (unpaired) electrons. The van der Waals surface area contributed by atoms with Crippen molar-refractivity contribution in [3.05, 3.63) is 146 Å². The van der Waals surface area contributed by atoms with Crippen LogP contribution in [0.1, 0.15) is 0 Å². The fourth-order valence-electron chi connectivity index (χ4n) is 11.6. The topological polar surface area (TPSA) is 19.4 Å². The summed E-state index contributed by atoms with van der Waals surface area (Å²) in [6.07, 6.45) is 0. The summed E-state index contributed by atoms with van der Waals surface area (Å²) in [4.78, 5) is 15.3. The number of benzene rings is 7. The molecule has 7 aliphatic heterocycles. The molecule has 0 spiro atoms. The van der Waals surface area contributed by atoms with Gasteiger partial charge in [0.15, 0.2) is 0 Å². The van der Waals surface area contributed by atoms with E-state index in [-0.39, 0.29) is 27.9 Å². The fraction of sp³-hybridized carbons (Fsp3) is 0.0417. The third kappa shape index (κ3) is 3.21. The Morgan fingerprint density at radius 2 is 0.632 bits per heavy atom. The number of nitrogens with zero attached hydrogens (tertiary/aromatic N) is 6. The molecular weight excluding hydrogens is 761 g/mol. The van der Waals surface area contributed by atoms with Crippen LogP contribution in [-0.2, 0) is 0 Å². The van der Waals surface area contributed by atoms with Crippen molar-refractivity contribution < 1.29 is 0 Å². The van der Waals surface area contributed by atoms with Crippen molar-refractivity contribution in [2.45, 2.75) is 0 Å². The summed E-state index contributed by atoms with van der Waals surface area (Å²) < 4.78 is 3.15. The molecule has 0 saturated carbocycles. The average molecular weight is 791 g/mol. The maximum absolute atomic E-state index is 2.67. The number of anilines is 16. The van der Waals surface area contributed by atoms with E-state index in [4.69, 9.17) is 0 Å². The van der Waals surface area contributed by atoms with Gasteiger partial charge in [-0.1, -0.05) is 0 Å². The van der Waals surface area contributed by atoms with E-state index in [9.17, 15) is 0 Å². The summed E-state index contributed by atoms with van der Waals surface area (Å²) in [7, 11) is 4.48. The molecule has 8 aromatic rings. The predicted octanol–water partition coefficient (Wildman–Crippen LogP) is 7.38. The van der Waals surface area contributed by atoms with Gasteiger partial charge in [0.25, 0.3) is 0 Å². The summed E-state index contributed by atoms with van der Waals surface area (Å²) in [6, 6.07) is 55.1. The molecule has 264 valence electrons. The Labute approximate surface area is 336 Å². The maximum atomic E-state index is 2.67. The number of hydrogen-bond donors (Lipinski definition) is 0. The molecule has 7 aliphatic rings. The first-order valence-corrected chi connectivity index (χ1v) is 21.5. The summed E-state index contributed by atoms with van der Waals surface area (Å²) in [6.45, 7) is 0.297. The predicted molar refractivity (Wildman–Crippen MR) is 241 cm³/mol. The minimum atomic E-state index is 0.0564. The quantitative estimate of drug-likeness (QED) is 0.148. The third-order valence-electron chi connectivity index (χ3n) is 13.8. The van der Waals surface area contributed by atoms with Crippen LogP contribution in [0.25, 0.3) is 0 Å². The monoisotopic (exact) mass is 792 g/mol. The van der Waals surface area contributed by atoms with Gasteiger partial charge in [-0.25, -0.2) is 0 Å². The molecule has 15 rings (SSSR count). The van der Waals surface area contributed by atoms with Gasteiger partial charge in [-0.2, -0.15) is 0 Å². The van der Waals surface area contributed by atoms with Crippen molar-refractivity contribution in [2.24, 2.45) is 0 Å². The zero-order valence-corrected chi connectivity index (χ0v) is 32.8. The van der Waals surface area contributed by atoms with Crippen LogP contribution in [0.5, 0.6) is 0 Å². The fourth-order valence-corrected chi connectivity index (χ4v) is 14.8. The van der Waals surface area contributed by atoms with Gasteiger partial charge in [-0.05, 0) is 0 Å². The van der Waals surface area contributed by atoms with Gasteiger partial charge in [0.2, 0.25) is 0 Å². The molecule has 0 fully saturated rings. The van der Waals surface area contributed by atoms with Crippen LogP contribution in [0.3, 0.4) is 0 Å². The van der Waals surface area contributed by atoms with Gasteiger partial charge in [-0.3, -0.25) is 0 Å². The van der Waals surface area contributed by atoms with Crippen molar-refractivity contribution in [1.82, 2.24) is 0 Å². The Hall–Kier alpha value is -6.53. The van der Waals surface area contributed by atoms with E-state index in [1.807, 2.05) is 0 Å². The van der Waals surface area contributed by atoms with Crippen LogP contribution in [0.2, 0.25) is 0 Å². The van der Waals surface area contributed by atoms with Crippen molar-refractivity contribution >= 4 is 149 Å². The molecule has 0 aliphatic carbocycles. The zero-order valence-electron chi connectivity index (χ0n) is 31.1. The Morgan fingerprint density at radius 3 is 1.05 bits per heavy atom. The van der Waals surface area contributed by atoms with Gasteiger partial charge < -0.3 is 0 Å². The molecule has 0 N–H and O–H groups in total. The second kappa shape index (κ2) is 9.88. The molecular formula is C48H30B2N6Se. The van der Waals surface area contributed by atoms with Crippen LogP contribution in [0.15, 0.2) is 146 Å². The van der Waals surface area contributed by atoms with Crippen LogP contribution >= 0.6 is 0 Å². The van der Waals surface area contributed by atoms with Crippen molar-refractivity contribution in [2.75, 3.05) is 43.5 Å². The molecule has 57 heavy (non-hydrogen) atoms. The molecule has 9 heteroatoms. The Balaban J connectivity index is 1.08. The van der Waals surface area contributed by atoms with Crippen LogP contribution in [-0.4, -0.2) is 42.0 Å². The summed E-state index contributed by atoms with van der Waals surface area (Å²) in [5.41, 5.74) is 26.2. The van der Waals surface area contributed by atoms with E-state index in [1.165, 1.54) is 113 Å². The molecule has 0 atom stereocenters. The number of rotatable bonds is 0. The van der Waals surface area contributed by atoms with Crippen molar-refractivity contribution in [1.29, 1.82) is 0 Å². The molecule has 0 saturated heterocycles. The SMILES string of the molecule is CN1c2ccccc2N2c3ccccc3B3c4[se]c5c6c4N(c4ccccc4N6c4ccc6c7c4B5c4ccccc4N7c4ccccc4N6C)c4ccc1c2c43. The number of fused-ring (bicyclic) bond motifs is 17. The summed E-state index contributed by atoms with van der Waals surface area (Å²) >= 11 is 0.0564. The number of hydrogen-bond acceptors (Lipinski definition) is 6. The Morgan fingerprint density at radius 1 is 0.316 bits per heavy atom. The summed E-state index contributed by atoms with van der Waals surface area (Å²) in [5, 5.41) is 0. The van der Waals surface area contributed by atoms with E-state index >= 15 is 0 Å². The standard InChI is InChI=1S/C48H30B2N6Se/c1-51-31-17-7-9-19-33(31)53-29-15-5-3-13-27(29)49-41-37(23-25-39(51)43(41)53)55-35-21-11-12-22-36(35)56-38-24-26-40-44-42(38)50(48-46(56)45(55)47(49)57-48)28-14-4-6-16-30(28)54(44)34-20-10-8-18-32(34)52(40)2/h3-26H,1-2H3. The normalized spacial score (nSPS) is 15.6. The zero-order chi connectivity index (χ0) is 37.0. The molecule has 8 heterocycles. The molecule has 0 bridgehead atoms. The molecule has 6 nitrogen and oxygen atoms in total. The third-order valence-corrected chi connectivity index (χ3v) is 16.5. The molecule has 7 aromatic carbocycles. The first kappa shape index (κ1) is 29.7. The Bertz CT molecular complexity index is 3000. The van der Waals surface area contributed by atoms with Crippen LogP contribution in [0.4, 0.5) is 91.0 Å². The van der Waals surface area contributed by atoms with E-state index < -0.39 is 0 Å². The van der Waals surface area contributed by atoms with E-state index in [2.05, 4.69) is 189 Å². The van der Waals surface area contributed by atoms with Gasteiger partial charge in [0.05, 0.1) is 0 Å². The van der Waals surface area contributed by atoms with Gasteiger partial charge in [0.1, 0.15) is 0 Å². The second-order valence-electron chi connectivity index (χ2n) is 16.2. The average Bonchev–Trinajstić information content (AvgIpc) is 3.66. The van der Waals surface area contributed by atoms with Gasteiger partial charge in [-0.15, -0.1) is 0 Å². The first-order chi connectivity index (χ1) is 28.2. The van der Waals surface area contributed by atoms with E-state index in [0.717, 1.165) is 0 Å². The summed E-state index contributed by atoms with van der Waals surface area (Å²) in [5.74, 6) is 0. The van der Waals surface area contributed by atoms with Gasteiger partial charge in [0, 0.05) is 0 Å². The second-order valence-corrected chi connectivity index (χ2v) is 18.4. The first-order valence-electron chi connectivity index (χ1n) is 19.8. The van der Waals surface area contributed by atoms with Crippen LogP contribution < -0.4 is 59.9 Å². The number of para-hydroxylation sites is 8. The van der Waals surface area contributed by atoms with Crippen molar-refractivity contribution in [3.63, 3.8) is 0 Å². The van der Waals surface area contributed by atoms with Crippen molar-refractivity contribution in [3.8, 4) is 0 Å². The van der Waals surface area contributed by atoms with E-state index in [1.54, 1.807) is 8.67 Å². The van der Waals surface area contributed by atoms with Crippen LogP contribution in [0, 0.1) is 0 Å². The van der Waals surface area contributed by atoms with Gasteiger partial charge >= 0.3 is 339 Å². The minimum absolute atomic E-state index is 0.0564.